The zero-order chi connectivity index (χ0) is 14.1. The third-order valence-electron chi connectivity index (χ3n) is 4.44. The Kier molecular flexibility index (Phi) is 3.81. The number of halogens is 1. The molecule has 2 aliphatic rings. The average Bonchev–Trinajstić information content (AvgIpc) is 2.66. The van der Waals surface area contributed by atoms with E-state index in [0.717, 1.165) is 19.5 Å². The number of urea groups is 1. The molecular weight excluding hydrogens is 276 g/mol. The van der Waals surface area contributed by atoms with E-state index < -0.39 is 0 Å². The molecule has 0 radical (unpaired) electrons. The van der Waals surface area contributed by atoms with Gasteiger partial charge in [0.25, 0.3) is 0 Å². The van der Waals surface area contributed by atoms with Crippen molar-refractivity contribution in [2.45, 2.75) is 31.3 Å². The Balaban J connectivity index is 1.67. The van der Waals surface area contributed by atoms with E-state index >= 15 is 0 Å². The van der Waals surface area contributed by atoms with Gasteiger partial charge in [-0.15, -0.1) is 0 Å². The number of nitrogens with one attached hydrogen (secondary N) is 1. The predicted octanol–water partition coefficient (Wildman–Crippen LogP) is 2.44. The third-order valence-corrected chi connectivity index (χ3v) is 4.74. The topological polar surface area (TPSA) is 48.5 Å². The molecule has 5 nitrogen and oxygen atoms in total. The van der Waals surface area contributed by atoms with Crippen molar-refractivity contribution in [2.24, 2.45) is 0 Å². The third kappa shape index (κ3) is 2.60. The minimum absolute atomic E-state index is 0.0825. The van der Waals surface area contributed by atoms with Gasteiger partial charge in [-0.05, 0) is 38.4 Å². The summed E-state index contributed by atoms with van der Waals surface area (Å²) in [6.45, 7) is 1.59. The Labute approximate surface area is 123 Å². The number of anilines is 1. The van der Waals surface area contributed by atoms with Crippen molar-refractivity contribution in [3.8, 4) is 0 Å². The summed E-state index contributed by atoms with van der Waals surface area (Å²) < 4.78 is 0. The van der Waals surface area contributed by atoms with E-state index in [-0.39, 0.29) is 6.03 Å². The van der Waals surface area contributed by atoms with Crippen LogP contribution in [0.25, 0.3) is 0 Å². The second kappa shape index (κ2) is 5.58. The molecule has 2 atom stereocenters. The minimum Gasteiger partial charge on any atom is -0.323 e. The monoisotopic (exact) mass is 294 g/mol. The molecule has 3 heterocycles. The van der Waals surface area contributed by atoms with Crippen LogP contribution < -0.4 is 5.32 Å². The Morgan fingerprint density at radius 1 is 1.40 bits per heavy atom. The van der Waals surface area contributed by atoms with Crippen molar-refractivity contribution in [3.05, 3.63) is 23.5 Å². The summed E-state index contributed by atoms with van der Waals surface area (Å²) in [4.78, 5) is 20.6. The summed E-state index contributed by atoms with van der Waals surface area (Å²) in [6.07, 6.45) is 5.09. The zero-order valence-corrected chi connectivity index (χ0v) is 12.3. The van der Waals surface area contributed by atoms with Gasteiger partial charge in [0.05, 0.1) is 5.69 Å². The Hall–Kier alpha value is -1.33. The summed E-state index contributed by atoms with van der Waals surface area (Å²) in [5, 5.41) is 3.18. The van der Waals surface area contributed by atoms with Crippen molar-refractivity contribution < 1.29 is 4.79 Å². The highest BCUT2D eigenvalue weighted by molar-refractivity contribution is 6.32. The number of hydrogen-bond donors (Lipinski definition) is 1. The van der Waals surface area contributed by atoms with E-state index in [1.165, 1.54) is 12.8 Å². The van der Waals surface area contributed by atoms with Gasteiger partial charge in [-0.2, -0.15) is 0 Å². The Bertz CT molecular complexity index is 510. The van der Waals surface area contributed by atoms with Crippen LogP contribution in [0.15, 0.2) is 18.3 Å². The number of hydrogen-bond acceptors (Lipinski definition) is 3. The largest absolute Gasteiger partial charge is 0.323 e. The van der Waals surface area contributed by atoms with Crippen molar-refractivity contribution >= 4 is 23.3 Å². The van der Waals surface area contributed by atoms with Gasteiger partial charge in [0.2, 0.25) is 0 Å². The molecule has 20 heavy (non-hydrogen) atoms. The first-order valence-corrected chi connectivity index (χ1v) is 7.41. The molecule has 108 valence electrons. The Morgan fingerprint density at radius 2 is 2.20 bits per heavy atom. The van der Waals surface area contributed by atoms with Gasteiger partial charge in [0.1, 0.15) is 0 Å². The fourth-order valence-corrected chi connectivity index (χ4v) is 3.33. The van der Waals surface area contributed by atoms with Crippen LogP contribution in [0.4, 0.5) is 10.5 Å². The molecule has 2 unspecified atom stereocenters. The molecule has 2 saturated heterocycles. The van der Waals surface area contributed by atoms with Gasteiger partial charge in [0, 0.05) is 31.4 Å². The summed E-state index contributed by atoms with van der Waals surface area (Å²) in [6, 6.07) is 4.56. The number of pyridine rings is 1. The van der Waals surface area contributed by atoms with Crippen molar-refractivity contribution in [3.63, 3.8) is 0 Å². The molecular formula is C14H19ClN4O. The van der Waals surface area contributed by atoms with E-state index in [4.69, 9.17) is 11.6 Å². The summed E-state index contributed by atoms with van der Waals surface area (Å²) >= 11 is 5.97. The zero-order valence-electron chi connectivity index (χ0n) is 11.6. The summed E-state index contributed by atoms with van der Waals surface area (Å²) in [7, 11) is 2.17. The maximum atomic E-state index is 12.4. The van der Waals surface area contributed by atoms with Gasteiger partial charge in [-0.3, -0.25) is 4.90 Å². The number of amides is 2. The molecule has 6 heteroatoms. The molecule has 2 aliphatic heterocycles. The van der Waals surface area contributed by atoms with E-state index in [1.54, 1.807) is 18.3 Å². The van der Waals surface area contributed by atoms with Crippen LogP contribution in [0, 0.1) is 0 Å². The van der Waals surface area contributed by atoms with Crippen molar-refractivity contribution in [2.75, 3.05) is 25.5 Å². The highest BCUT2D eigenvalue weighted by Crippen LogP contribution is 2.29. The van der Waals surface area contributed by atoms with Crippen molar-refractivity contribution in [1.82, 2.24) is 14.8 Å². The molecule has 2 amide bonds. The number of fused-ring (bicyclic) bond motifs is 2. The molecule has 0 aromatic carbocycles. The standard InChI is InChI=1S/C14H19ClN4O/c1-18-10-4-5-11(18)9-19(8-6-10)14(20)17-12-3-2-7-16-13(12)15/h2-3,7,10-11H,4-6,8-9H2,1H3,(H,17,20). The molecule has 1 N–H and O–H groups in total. The van der Waals surface area contributed by atoms with Gasteiger partial charge in [-0.25, -0.2) is 9.78 Å². The maximum absolute atomic E-state index is 12.4. The van der Waals surface area contributed by atoms with Crippen LogP contribution in [0.1, 0.15) is 19.3 Å². The average molecular weight is 295 g/mol. The predicted molar refractivity (Wildman–Crippen MR) is 79.0 cm³/mol. The normalized spacial score (nSPS) is 26.4. The lowest BCUT2D eigenvalue weighted by atomic mass is 10.1. The van der Waals surface area contributed by atoms with Gasteiger partial charge in [0.15, 0.2) is 5.15 Å². The van der Waals surface area contributed by atoms with Crippen LogP contribution in [-0.2, 0) is 0 Å². The number of carbonyl (C=O) groups is 1. The van der Waals surface area contributed by atoms with Crippen LogP contribution in [0.3, 0.4) is 0 Å². The lowest BCUT2D eigenvalue weighted by molar-refractivity contribution is 0.200. The number of likely N-dealkylation sites (tertiary alicyclic amines) is 1. The van der Waals surface area contributed by atoms with Crippen LogP contribution in [0.5, 0.6) is 0 Å². The molecule has 0 spiro atoms. The molecule has 3 rings (SSSR count). The molecule has 1 aromatic heterocycles. The number of carbonyl (C=O) groups excluding carboxylic acids is 1. The van der Waals surface area contributed by atoms with Gasteiger partial charge in [-0.1, -0.05) is 11.6 Å². The van der Waals surface area contributed by atoms with Gasteiger partial charge < -0.3 is 10.2 Å². The molecule has 2 fully saturated rings. The van der Waals surface area contributed by atoms with Crippen molar-refractivity contribution in [1.29, 1.82) is 0 Å². The smallest absolute Gasteiger partial charge is 0.321 e. The van der Waals surface area contributed by atoms with Crippen LogP contribution in [-0.4, -0.2) is 53.0 Å². The molecule has 2 bridgehead atoms. The molecule has 0 saturated carbocycles. The second-order valence-electron chi connectivity index (χ2n) is 5.56. The van der Waals surface area contributed by atoms with Crippen LogP contribution in [0.2, 0.25) is 5.15 Å². The molecule has 1 aromatic rings. The summed E-state index contributed by atoms with van der Waals surface area (Å²) in [5.41, 5.74) is 0.571. The van der Waals surface area contributed by atoms with E-state index in [1.807, 2.05) is 4.90 Å². The highest BCUT2D eigenvalue weighted by Gasteiger charge is 2.36. The fraction of sp³-hybridized carbons (Fsp3) is 0.571. The van der Waals surface area contributed by atoms with Gasteiger partial charge >= 0.3 is 6.03 Å². The quantitative estimate of drug-likeness (QED) is 0.809. The summed E-state index contributed by atoms with van der Waals surface area (Å²) in [5.74, 6) is 0. The fourth-order valence-electron chi connectivity index (χ4n) is 3.17. The number of aromatic nitrogens is 1. The first kappa shape index (κ1) is 13.6. The van der Waals surface area contributed by atoms with E-state index in [9.17, 15) is 4.79 Å². The first-order valence-electron chi connectivity index (χ1n) is 7.03. The number of rotatable bonds is 1. The Morgan fingerprint density at radius 3 is 3.00 bits per heavy atom. The molecule has 0 aliphatic carbocycles. The van der Waals surface area contributed by atoms with E-state index in [2.05, 4.69) is 22.2 Å². The lowest BCUT2D eigenvalue weighted by Crippen LogP contribution is -2.41. The second-order valence-corrected chi connectivity index (χ2v) is 5.92. The first-order chi connectivity index (χ1) is 9.65. The van der Waals surface area contributed by atoms with Crippen LogP contribution >= 0.6 is 11.6 Å². The minimum atomic E-state index is -0.0825. The van der Waals surface area contributed by atoms with E-state index in [0.29, 0.717) is 22.9 Å². The maximum Gasteiger partial charge on any atom is 0.321 e. The highest BCUT2D eigenvalue weighted by atomic mass is 35.5. The number of nitrogens with zero attached hydrogens (tertiary/aromatic N) is 3. The lowest BCUT2D eigenvalue weighted by Gasteiger charge is -2.26. The SMILES string of the molecule is CN1C2CCC1CN(C(=O)Nc1cccnc1Cl)CC2. The number of likely N-dealkylation sites (N-methyl/N-ethyl adjacent to an activating group) is 1.